The first-order valence-corrected chi connectivity index (χ1v) is 8.54. The van der Waals surface area contributed by atoms with E-state index in [2.05, 4.69) is 29.3 Å². The molecule has 0 saturated heterocycles. The molecule has 3 aromatic rings. The SMILES string of the molecule is CC(C)c1ccc(N=C(NO)c2ccc(Oc3ccc(F)cc3)nc2)cc1. The molecule has 0 aliphatic heterocycles. The fourth-order valence-corrected chi connectivity index (χ4v) is 2.42. The van der Waals surface area contributed by atoms with E-state index in [1.54, 1.807) is 12.1 Å². The fourth-order valence-electron chi connectivity index (χ4n) is 2.42. The standard InChI is InChI=1S/C21H20FN3O2/c1-14(2)15-3-8-18(9-4-15)24-21(25-26)16-5-12-20(23-13-16)27-19-10-6-17(22)7-11-19/h3-14,26H,1-2H3,(H,24,25). The van der Waals surface area contributed by atoms with Gasteiger partial charge in [-0.1, -0.05) is 26.0 Å². The Morgan fingerprint density at radius 2 is 1.74 bits per heavy atom. The van der Waals surface area contributed by atoms with E-state index >= 15 is 0 Å². The van der Waals surface area contributed by atoms with Crippen LogP contribution in [0.5, 0.6) is 11.6 Å². The second-order valence-corrected chi connectivity index (χ2v) is 6.26. The van der Waals surface area contributed by atoms with Crippen molar-refractivity contribution in [1.82, 2.24) is 10.5 Å². The van der Waals surface area contributed by atoms with Crippen molar-refractivity contribution in [2.75, 3.05) is 0 Å². The zero-order valence-corrected chi connectivity index (χ0v) is 15.1. The van der Waals surface area contributed by atoms with Crippen LogP contribution in [-0.2, 0) is 0 Å². The number of hydrogen-bond donors (Lipinski definition) is 2. The first-order chi connectivity index (χ1) is 13.0. The summed E-state index contributed by atoms with van der Waals surface area (Å²) in [5.74, 6) is 1.21. The van der Waals surface area contributed by atoms with Gasteiger partial charge in [-0.15, -0.1) is 0 Å². The van der Waals surface area contributed by atoms with Crippen LogP contribution in [0.15, 0.2) is 71.9 Å². The number of aromatic nitrogens is 1. The highest BCUT2D eigenvalue weighted by Crippen LogP contribution is 2.21. The number of nitrogens with one attached hydrogen (secondary N) is 1. The molecular formula is C21H20FN3O2. The summed E-state index contributed by atoms with van der Waals surface area (Å²) in [5, 5.41) is 9.44. The predicted molar refractivity (Wildman–Crippen MR) is 102 cm³/mol. The van der Waals surface area contributed by atoms with Gasteiger partial charge in [0, 0.05) is 17.8 Å². The maximum absolute atomic E-state index is 12.9. The van der Waals surface area contributed by atoms with Crippen molar-refractivity contribution < 1.29 is 14.3 Å². The normalized spacial score (nSPS) is 11.5. The molecule has 2 N–H and O–H groups in total. The number of rotatable bonds is 5. The van der Waals surface area contributed by atoms with Crippen molar-refractivity contribution in [2.24, 2.45) is 4.99 Å². The third-order valence-electron chi connectivity index (χ3n) is 3.95. The minimum Gasteiger partial charge on any atom is -0.439 e. The van der Waals surface area contributed by atoms with Crippen LogP contribution in [0, 0.1) is 5.82 Å². The highest BCUT2D eigenvalue weighted by atomic mass is 19.1. The molecule has 0 bridgehead atoms. The molecule has 3 rings (SSSR count). The molecule has 0 atom stereocenters. The van der Waals surface area contributed by atoms with Gasteiger partial charge in [0.25, 0.3) is 0 Å². The second-order valence-electron chi connectivity index (χ2n) is 6.26. The first-order valence-electron chi connectivity index (χ1n) is 8.54. The van der Waals surface area contributed by atoms with Crippen LogP contribution in [0.3, 0.4) is 0 Å². The number of halogens is 1. The van der Waals surface area contributed by atoms with Crippen molar-refractivity contribution in [3.8, 4) is 11.6 Å². The molecule has 0 saturated carbocycles. The highest BCUT2D eigenvalue weighted by molar-refractivity contribution is 5.99. The maximum Gasteiger partial charge on any atom is 0.219 e. The van der Waals surface area contributed by atoms with Crippen molar-refractivity contribution in [3.05, 3.63) is 83.8 Å². The largest absolute Gasteiger partial charge is 0.439 e. The molecule has 0 fully saturated rings. The number of aliphatic imine (C=N–C) groups is 1. The minimum absolute atomic E-state index is 0.271. The Bertz CT molecular complexity index is 906. The number of nitrogens with zero attached hydrogens (tertiary/aromatic N) is 2. The number of benzene rings is 2. The molecule has 0 amide bonds. The Labute approximate surface area is 157 Å². The van der Waals surface area contributed by atoms with Gasteiger partial charge in [0.05, 0.1) is 5.69 Å². The second kappa shape index (κ2) is 8.42. The molecule has 138 valence electrons. The molecule has 27 heavy (non-hydrogen) atoms. The number of hydroxylamine groups is 1. The summed E-state index contributed by atoms with van der Waals surface area (Å²) < 4.78 is 18.5. The van der Waals surface area contributed by atoms with Crippen LogP contribution < -0.4 is 10.2 Å². The van der Waals surface area contributed by atoms with Gasteiger partial charge in [-0.25, -0.2) is 14.4 Å². The van der Waals surface area contributed by atoms with Gasteiger partial charge in [0.1, 0.15) is 11.6 Å². The third-order valence-corrected chi connectivity index (χ3v) is 3.95. The molecule has 0 unspecified atom stereocenters. The Hall–Kier alpha value is -3.25. The Morgan fingerprint density at radius 3 is 2.30 bits per heavy atom. The lowest BCUT2D eigenvalue weighted by atomic mass is 10.0. The van der Waals surface area contributed by atoms with E-state index in [-0.39, 0.29) is 11.7 Å². The molecule has 2 aromatic carbocycles. The molecule has 0 radical (unpaired) electrons. The number of pyridine rings is 1. The average Bonchev–Trinajstić information content (AvgIpc) is 2.69. The van der Waals surface area contributed by atoms with Gasteiger partial charge in [-0.2, -0.15) is 0 Å². The van der Waals surface area contributed by atoms with E-state index in [4.69, 9.17) is 4.74 Å². The minimum atomic E-state index is -0.332. The van der Waals surface area contributed by atoms with Crippen molar-refractivity contribution in [2.45, 2.75) is 19.8 Å². The summed E-state index contributed by atoms with van der Waals surface area (Å²) in [7, 11) is 0. The number of amidine groups is 1. The molecule has 1 aromatic heterocycles. The van der Waals surface area contributed by atoms with Crippen molar-refractivity contribution in [1.29, 1.82) is 0 Å². The lowest BCUT2D eigenvalue weighted by Gasteiger charge is -2.08. The summed E-state index contributed by atoms with van der Waals surface area (Å²) in [5.41, 5.74) is 4.63. The summed E-state index contributed by atoms with van der Waals surface area (Å²) >= 11 is 0. The van der Waals surface area contributed by atoms with E-state index in [9.17, 15) is 9.60 Å². The smallest absolute Gasteiger partial charge is 0.219 e. The summed E-state index contributed by atoms with van der Waals surface area (Å²) in [4.78, 5) is 8.60. The van der Waals surface area contributed by atoms with Crippen LogP contribution in [0.25, 0.3) is 0 Å². The quantitative estimate of drug-likeness (QED) is 0.371. The Kier molecular flexibility index (Phi) is 5.78. The average molecular weight is 365 g/mol. The number of hydrogen-bond acceptors (Lipinski definition) is 4. The third kappa shape index (κ3) is 4.89. The van der Waals surface area contributed by atoms with Gasteiger partial charge in [-0.3, -0.25) is 10.7 Å². The van der Waals surface area contributed by atoms with Gasteiger partial charge in [-0.05, 0) is 53.9 Å². The van der Waals surface area contributed by atoms with E-state index < -0.39 is 0 Å². The molecule has 5 nitrogen and oxygen atoms in total. The van der Waals surface area contributed by atoms with E-state index in [0.29, 0.717) is 28.8 Å². The van der Waals surface area contributed by atoms with Crippen LogP contribution in [0.1, 0.15) is 30.9 Å². The fraction of sp³-hybridized carbons (Fsp3) is 0.143. The van der Waals surface area contributed by atoms with Crippen molar-refractivity contribution in [3.63, 3.8) is 0 Å². The lowest BCUT2D eigenvalue weighted by Crippen LogP contribution is -2.20. The van der Waals surface area contributed by atoms with Gasteiger partial charge in [0.2, 0.25) is 5.88 Å². The maximum atomic E-state index is 12.9. The molecule has 6 heteroatoms. The molecule has 1 heterocycles. The summed E-state index contributed by atoms with van der Waals surface area (Å²) in [6.45, 7) is 4.25. The van der Waals surface area contributed by atoms with Gasteiger partial charge in [0.15, 0.2) is 5.84 Å². The van der Waals surface area contributed by atoms with E-state index in [0.717, 1.165) is 0 Å². The Balaban J connectivity index is 1.76. The monoisotopic (exact) mass is 365 g/mol. The van der Waals surface area contributed by atoms with E-state index in [1.807, 2.05) is 24.3 Å². The predicted octanol–water partition coefficient (Wildman–Crippen LogP) is 5.19. The molecule has 0 aliphatic carbocycles. The number of ether oxygens (including phenoxy) is 1. The van der Waals surface area contributed by atoms with E-state index in [1.165, 1.54) is 36.0 Å². The van der Waals surface area contributed by atoms with Gasteiger partial charge >= 0.3 is 0 Å². The lowest BCUT2D eigenvalue weighted by molar-refractivity contribution is 0.235. The van der Waals surface area contributed by atoms with Gasteiger partial charge < -0.3 is 4.74 Å². The van der Waals surface area contributed by atoms with Crippen LogP contribution >= 0.6 is 0 Å². The highest BCUT2D eigenvalue weighted by Gasteiger charge is 2.06. The molecular weight excluding hydrogens is 345 g/mol. The van der Waals surface area contributed by atoms with Crippen LogP contribution in [0.2, 0.25) is 0 Å². The van der Waals surface area contributed by atoms with Crippen LogP contribution in [-0.4, -0.2) is 16.0 Å². The van der Waals surface area contributed by atoms with Crippen molar-refractivity contribution >= 4 is 11.5 Å². The topological polar surface area (TPSA) is 66.7 Å². The summed E-state index contributed by atoms with van der Waals surface area (Å²) in [6.07, 6.45) is 1.53. The zero-order chi connectivity index (χ0) is 19.2. The zero-order valence-electron chi connectivity index (χ0n) is 15.1. The Morgan fingerprint density at radius 1 is 1.04 bits per heavy atom. The molecule has 0 spiro atoms. The first kappa shape index (κ1) is 18.5. The summed E-state index contributed by atoms with van der Waals surface area (Å²) in [6, 6.07) is 16.8. The molecule has 0 aliphatic rings. The van der Waals surface area contributed by atoms with Crippen LogP contribution in [0.4, 0.5) is 10.1 Å².